The molecule has 0 amide bonds. The van der Waals surface area contributed by atoms with Crippen LogP contribution in [0.15, 0.2) is 60.8 Å². The molecule has 0 aliphatic carbocycles. The number of fused-ring (bicyclic) bond motifs is 2. The topological polar surface area (TPSA) is 54.6 Å². The van der Waals surface area contributed by atoms with E-state index in [0.29, 0.717) is 6.42 Å². The van der Waals surface area contributed by atoms with Crippen molar-refractivity contribution >= 4 is 22.4 Å². The Kier molecular flexibility index (Phi) is 3.73. The van der Waals surface area contributed by atoms with Crippen molar-refractivity contribution < 1.29 is 9.90 Å². The number of rotatable bonds is 4. The van der Waals surface area contributed by atoms with Crippen LogP contribution in [0, 0.1) is 6.92 Å². The van der Waals surface area contributed by atoms with E-state index in [1.54, 1.807) is 0 Å². The van der Waals surface area contributed by atoms with E-state index < -0.39 is 5.97 Å². The molecule has 0 saturated heterocycles. The Bertz CT molecular complexity index is 1100. The quantitative estimate of drug-likeness (QED) is 0.600. The minimum absolute atomic E-state index is 0.0856. The monoisotopic (exact) mass is 330 g/mol. The van der Waals surface area contributed by atoms with Crippen molar-refractivity contribution in [1.82, 2.24) is 9.38 Å². The molecule has 0 aliphatic heterocycles. The fourth-order valence-corrected chi connectivity index (χ4v) is 3.28. The average Bonchev–Trinajstić information content (AvgIpc) is 2.99. The number of benzene rings is 2. The van der Waals surface area contributed by atoms with Gasteiger partial charge in [0.2, 0.25) is 0 Å². The van der Waals surface area contributed by atoms with Crippen molar-refractivity contribution in [2.24, 2.45) is 0 Å². The van der Waals surface area contributed by atoms with Crippen LogP contribution in [-0.2, 0) is 11.2 Å². The van der Waals surface area contributed by atoms with Crippen LogP contribution in [0.3, 0.4) is 0 Å². The number of hydrogen-bond donors (Lipinski definition) is 1. The van der Waals surface area contributed by atoms with E-state index in [1.807, 2.05) is 41.8 Å². The number of carboxylic acid groups (broad SMARTS) is 1. The molecule has 0 bridgehead atoms. The molecule has 4 nitrogen and oxygen atoms in total. The lowest BCUT2D eigenvalue weighted by Gasteiger charge is -2.06. The zero-order valence-electron chi connectivity index (χ0n) is 13.9. The third-order valence-electron chi connectivity index (χ3n) is 4.54. The third kappa shape index (κ3) is 2.76. The first kappa shape index (κ1) is 15.4. The van der Waals surface area contributed by atoms with Gasteiger partial charge in [-0.05, 0) is 35.4 Å². The summed E-state index contributed by atoms with van der Waals surface area (Å²) in [6.07, 6.45) is 2.49. The highest BCUT2D eigenvalue weighted by atomic mass is 16.4. The Morgan fingerprint density at radius 1 is 1.08 bits per heavy atom. The first-order valence-electron chi connectivity index (χ1n) is 8.31. The van der Waals surface area contributed by atoms with Crippen molar-refractivity contribution in [2.75, 3.05) is 0 Å². The van der Waals surface area contributed by atoms with Crippen LogP contribution >= 0.6 is 0 Å². The van der Waals surface area contributed by atoms with Gasteiger partial charge in [-0.1, -0.05) is 42.5 Å². The maximum absolute atomic E-state index is 11.1. The van der Waals surface area contributed by atoms with Gasteiger partial charge < -0.3 is 9.51 Å². The molecule has 2 heterocycles. The van der Waals surface area contributed by atoms with Crippen molar-refractivity contribution in [3.63, 3.8) is 0 Å². The Morgan fingerprint density at radius 3 is 2.68 bits per heavy atom. The summed E-state index contributed by atoms with van der Waals surface area (Å²) < 4.78 is 2.02. The van der Waals surface area contributed by atoms with Crippen LogP contribution in [-0.4, -0.2) is 20.5 Å². The summed E-state index contributed by atoms with van der Waals surface area (Å²) in [6.45, 7) is 2.02. The predicted molar refractivity (Wildman–Crippen MR) is 98.8 cm³/mol. The van der Waals surface area contributed by atoms with Crippen molar-refractivity contribution in [3.8, 4) is 11.3 Å². The van der Waals surface area contributed by atoms with Gasteiger partial charge in [0.05, 0.1) is 17.8 Å². The molecule has 0 atom stereocenters. The summed E-state index contributed by atoms with van der Waals surface area (Å²) in [7, 11) is 0. The number of carbonyl (C=O) groups is 1. The highest BCUT2D eigenvalue weighted by molar-refractivity contribution is 5.87. The van der Waals surface area contributed by atoms with Gasteiger partial charge in [0.15, 0.2) is 0 Å². The summed E-state index contributed by atoms with van der Waals surface area (Å²) in [5.41, 5.74) is 4.78. The summed E-state index contributed by atoms with van der Waals surface area (Å²) in [5, 5.41) is 11.4. The molecule has 0 unspecified atom stereocenters. The average molecular weight is 330 g/mol. The molecule has 0 spiro atoms. The van der Waals surface area contributed by atoms with E-state index in [2.05, 4.69) is 30.3 Å². The zero-order chi connectivity index (χ0) is 17.4. The normalized spacial score (nSPS) is 11.2. The molecule has 4 heteroatoms. The highest BCUT2D eigenvalue weighted by Crippen LogP contribution is 2.29. The van der Waals surface area contributed by atoms with Gasteiger partial charge in [0, 0.05) is 18.2 Å². The van der Waals surface area contributed by atoms with Crippen LogP contribution in [0.5, 0.6) is 0 Å². The van der Waals surface area contributed by atoms with E-state index in [4.69, 9.17) is 10.1 Å². The van der Waals surface area contributed by atoms with Gasteiger partial charge in [-0.15, -0.1) is 0 Å². The van der Waals surface area contributed by atoms with E-state index >= 15 is 0 Å². The largest absolute Gasteiger partial charge is 0.481 e. The fraction of sp³-hybridized carbons (Fsp3) is 0.143. The van der Waals surface area contributed by atoms with Crippen molar-refractivity contribution in [3.05, 3.63) is 72.1 Å². The smallest absolute Gasteiger partial charge is 0.303 e. The molecule has 124 valence electrons. The van der Waals surface area contributed by atoms with Gasteiger partial charge in [-0.3, -0.25) is 4.79 Å². The molecule has 0 aliphatic rings. The van der Waals surface area contributed by atoms with Crippen molar-refractivity contribution in [2.45, 2.75) is 19.8 Å². The standard InChI is InChI=1S/C21H18N2O2/c1-14-5-4-12-23-18(10-11-19(24)25)20(22-21(14)23)17-9-8-15-6-2-3-7-16(15)13-17/h2-9,12-13H,10-11H2,1H3,(H,24,25). The maximum atomic E-state index is 11.1. The Labute approximate surface area is 145 Å². The maximum Gasteiger partial charge on any atom is 0.303 e. The summed E-state index contributed by atoms with van der Waals surface area (Å²) in [4.78, 5) is 15.9. The van der Waals surface area contributed by atoms with Crippen LogP contribution in [0.2, 0.25) is 0 Å². The molecule has 25 heavy (non-hydrogen) atoms. The van der Waals surface area contributed by atoms with Gasteiger partial charge in [0.25, 0.3) is 0 Å². The number of nitrogens with zero attached hydrogens (tertiary/aromatic N) is 2. The van der Waals surface area contributed by atoms with E-state index in [-0.39, 0.29) is 6.42 Å². The molecule has 0 fully saturated rings. The minimum Gasteiger partial charge on any atom is -0.481 e. The molecule has 2 aromatic carbocycles. The Hall–Kier alpha value is -3.14. The second kappa shape index (κ2) is 6.06. The first-order valence-corrected chi connectivity index (χ1v) is 8.31. The van der Waals surface area contributed by atoms with Crippen LogP contribution < -0.4 is 0 Å². The lowest BCUT2D eigenvalue weighted by Crippen LogP contribution is -2.01. The summed E-state index contributed by atoms with van der Waals surface area (Å²) in [6, 6.07) is 18.5. The summed E-state index contributed by atoms with van der Waals surface area (Å²) >= 11 is 0. The lowest BCUT2D eigenvalue weighted by atomic mass is 10.0. The highest BCUT2D eigenvalue weighted by Gasteiger charge is 2.16. The van der Waals surface area contributed by atoms with E-state index in [9.17, 15) is 4.79 Å². The van der Waals surface area contributed by atoms with Gasteiger partial charge in [0.1, 0.15) is 5.65 Å². The number of aryl methyl sites for hydroxylation is 2. The van der Waals surface area contributed by atoms with Crippen molar-refractivity contribution in [1.29, 1.82) is 0 Å². The number of pyridine rings is 1. The van der Waals surface area contributed by atoms with E-state index in [1.165, 1.54) is 5.39 Å². The fourth-order valence-electron chi connectivity index (χ4n) is 3.28. The van der Waals surface area contributed by atoms with E-state index in [0.717, 1.165) is 33.5 Å². The lowest BCUT2D eigenvalue weighted by molar-refractivity contribution is -0.136. The molecule has 1 N–H and O–H groups in total. The molecule has 0 radical (unpaired) electrons. The second-order valence-corrected chi connectivity index (χ2v) is 6.25. The zero-order valence-corrected chi connectivity index (χ0v) is 13.9. The third-order valence-corrected chi connectivity index (χ3v) is 4.54. The first-order chi connectivity index (χ1) is 12.1. The number of hydrogen-bond acceptors (Lipinski definition) is 2. The van der Waals surface area contributed by atoms with Crippen LogP contribution in [0.4, 0.5) is 0 Å². The molecular weight excluding hydrogens is 312 g/mol. The predicted octanol–water partition coefficient (Wildman–Crippen LogP) is 4.48. The number of imidazole rings is 1. The van der Waals surface area contributed by atoms with Gasteiger partial charge in [-0.2, -0.15) is 0 Å². The minimum atomic E-state index is -0.799. The number of aliphatic carboxylic acids is 1. The van der Waals surface area contributed by atoms with Crippen LogP contribution in [0.25, 0.3) is 27.7 Å². The molecule has 4 aromatic rings. The SMILES string of the molecule is Cc1cccn2c(CCC(=O)O)c(-c3ccc4ccccc4c3)nc12. The molecule has 4 rings (SSSR count). The number of carboxylic acids is 1. The molecule has 2 aromatic heterocycles. The second-order valence-electron chi connectivity index (χ2n) is 6.25. The molecular formula is C21H18N2O2. The van der Waals surface area contributed by atoms with Gasteiger partial charge in [-0.25, -0.2) is 4.98 Å². The summed E-state index contributed by atoms with van der Waals surface area (Å²) in [5.74, 6) is -0.799. The molecule has 0 saturated carbocycles. The Balaban J connectivity index is 1.93. The van der Waals surface area contributed by atoms with Crippen LogP contribution in [0.1, 0.15) is 17.7 Å². The Morgan fingerprint density at radius 2 is 1.88 bits per heavy atom. The van der Waals surface area contributed by atoms with Gasteiger partial charge >= 0.3 is 5.97 Å². The number of aromatic nitrogens is 2.